The van der Waals surface area contributed by atoms with Crippen LogP contribution in [0.5, 0.6) is 0 Å². The number of anilines is 4. The molecule has 3 amide bonds. The third kappa shape index (κ3) is 7.54. The van der Waals surface area contributed by atoms with E-state index in [4.69, 9.17) is 4.74 Å². The summed E-state index contributed by atoms with van der Waals surface area (Å²) >= 11 is 3.02. The Hall–Kier alpha value is -5.76. The van der Waals surface area contributed by atoms with Gasteiger partial charge in [-0.1, -0.05) is 24.3 Å². The van der Waals surface area contributed by atoms with Gasteiger partial charge in [-0.2, -0.15) is 0 Å². The molecule has 2 aromatic carbocycles. The molecule has 6 aromatic rings. The fourth-order valence-electron chi connectivity index (χ4n) is 4.95. The minimum absolute atomic E-state index is 0.0586. The van der Waals surface area contributed by atoms with Gasteiger partial charge in [0.15, 0.2) is 0 Å². The molecule has 49 heavy (non-hydrogen) atoms. The van der Waals surface area contributed by atoms with Crippen LogP contribution in [0.4, 0.5) is 23.0 Å². The number of benzene rings is 2. The summed E-state index contributed by atoms with van der Waals surface area (Å²) < 4.78 is 5.12. The molecule has 0 spiro atoms. The highest BCUT2D eigenvalue weighted by Gasteiger charge is 2.21. The van der Waals surface area contributed by atoms with E-state index in [0.717, 1.165) is 20.9 Å². The van der Waals surface area contributed by atoms with Crippen molar-refractivity contribution in [2.24, 2.45) is 0 Å². The molecule has 0 atom stereocenters. The molecule has 0 aliphatic carbocycles. The van der Waals surface area contributed by atoms with Crippen molar-refractivity contribution in [3.8, 4) is 21.0 Å². The van der Waals surface area contributed by atoms with Gasteiger partial charge in [0.1, 0.15) is 0 Å². The molecule has 7 rings (SSSR count). The normalized spacial score (nSPS) is 12.5. The molecule has 5 heterocycles. The molecule has 13 heteroatoms. The maximum absolute atomic E-state index is 13.2. The van der Waals surface area contributed by atoms with E-state index in [1.54, 1.807) is 60.0 Å². The second-order valence-corrected chi connectivity index (χ2v) is 13.2. The molecular weight excluding hydrogens is 659 g/mol. The number of thiophene rings is 2. The summed E-state index contributed by atoms with van der Waals surface area (Å²) in [5.41, 5.74) is 4.94. The first-order chi connectivity index (χ1) is 23.9. The van der Waals surface area contributed by atoms with E-state index < -0.39 is 0 Å². The molecule has 4 aromatic heterocycles. The Morgan fingerprint density at radius 2 is 1.65 bits per heavy atom. The van der Waals surface area contributed by atoms with E-state index in [2.05, 4.69) is 36.2 Å². The summed E-state index contributed by atoms with van der Waals surface area (Å²) in [6, 6.07) is 23.8. The summed E-state index contributed by atoms with van der Waals surface area (Å²) in [5.74, 6) is -0.421. The van der Waals surface area contributed by atoms with Crippen LogP contribution in [-0.2, 0) is 4.74 Å². The Morgan fingerprint density at radius 1 is 0.816 bits per heavy atom. The van der Waals surface area contributed by atoms with Crippen LogP contribution >= 0.6 is 22.7 Å². The van der Waals surface area contributed by atoms with Gasteiger partial charge >= 0.3 is 0 Å². The van der Waals surface area contributed by atoms with E-state index in [-0.39, 0.29) is 29.3 Å². The number of hydrogen-bond acceptors (Lipinski definition) is 10. The quantitative estimate of drug-likeness (QED) is 0.120. The molecule has 11 nitrogen and oxygen atoms in total. The predicted octanol–water partition coefficient (Wildman–Crippen LogP) is 7.01. The van der Waals surface area contributed by atoms with Gasteiger partial charge in [-0.25, -0.2) is 9.97 Å². The Kier molecular flexibility index (Phi) is 9.19. The van der Waals surface area contributed by atoms with Crippen LogP contribution in [-0.4, -0.2) is 51.9 Å². The number of hydrogen-bond donors (Lipinski definition) is 4. The van der Waals surface area contributed by atoms with Gasteiger partial charge in [0.2, 0.25) is 5.95 Å². The van der Waals surface area contributed by atoms with Crippen LogP contribution in [0.15, 0.2) is 103 Å². The fraction of sp³-hybridized carbons (Fsp3) is 0.111. The number of aryl methyl sites for hydroxylation is 1. The predicted molar refractivity (Wildman–Crippen MR) is 192 cm³/mol. The van der Waals surface area contributed by atoms with Gasteiger partial charge < -0.3 is 26.0 Å². The van der Waals surface area contributed by atoms with Crippen LogP contribution in [0.1, 0.15) is 36.0 Å². The summed E-state index contributed by atoms with van der Waals surface area (Å²) in [6.07, 6.45) is 4.60. The third-order valence-electron chi connectivity index (χ3n) is 7.67. The van der Waals surface area contributed by atoms with Crippen LogP contribution in [0.25, 0.3) is 21.0 Å². The zero-order chi connectivity index (χ0) is 33.7. The highest BCUT2D eigenvalue weighted by atomic mass is 32.1. The van der Waals surface area contributed by atoms with E-state index in [0.29, 0.717) is 52.4 Å². The van der Waals surface area contributed by atoms with E-state index in [1.807, 2.05) is 48.7 Å². The lowest BCUT2D eigenvalue weighted by molar-refractivity contribution is -0.00346. The molecule has 1 aliphatic rings. The molecular formula is C36H29N7O4S2. The van der Waals surface area contributed by atoms with E-state index in [9.17, 15) is 14.4 Å². The number of amides is 3. The van der Waals surface area contributed by atoms with Gasteiger partial charge in [-0.15, -0.1) is 22.7 Å². The number of carbonyl (C=O) groups excluding carboxylic acids is 3. The van der Waals surface area contributed by atoms with Crippen molar-refractivity contribution in [2.75, 3.05) is 29.2 Å². The Bertz CT molecular complexity index is 2150. The summed E-state index contributed by atoms with van der Waals surface area (Å²) in [4.78, 5) is 54.5. The summed E-state index contributed by atoms with van der Waals surface area (Å²) in [7, 11) is 0. The van der Waals surface area contributed by atoms with Crippen molar-refractivity contribution >= 4 is 63.4 Å². The minimum atomic E-state index is -0.383. The van der Waals surface area contributed by atoms with Gasteiger partial charge in [0.25, 0.3) is 17.7 Å². The lowest BCUT2D eigenvalue weighted by atomic mass is 10.1. The van der Waals surface area contributed by atoms with Gasteiger partial charge in [-0.3, -0.25) is 19.4 Å². The van der Waals surface area contributed by atoms with Crippen molar-refractivity contribution in [2.45, 2.75) is 13.0 Å². The van der Waals surface area contributed by atoms with Crippen LogP contribution < -0.4 is 21.3 Å². The highest BCUT2D eigenvalue weighted by molar-refractivity contribution is 7.22. The number of rotatable bonds is 10. The largest absolute Gasteiger partial charge is 0.377 e. The topological polar surface area (TPSA) is 147 Å². The second-order valence-electron chi connectivity index (χ2n) is 11.2. The maximum Gasteiger partial charge on any atom is 0.265 e. The highest BCUT2D eigenvalue weighted by Crippen LogP contribution is 2.32. The SMILES string of the molecule is Cc1ccc(NC(=O)c2cncc(NC(=O)c3ccc(-c4cccs4)s3)c2)cc1Nc1nccc(-c2ccc(C(=O)NC3COC3)cc2)n1. The lowest BCUT2D eigenvalue weighted by Gasteiger charge is -2.26. The van der Waals surface area contributed by atoms with Crippen molar-refractivity contribution < 1.29 is 19.1 Å². The zero-order valence-electron chi connectivity index (χ0n) is 26.1. The molecule has 0 saturated carbocycles. The maximum atomic E-state index is 13.2. The second kappa shape index (κ2) is 14.2. The number of pyridine rings is 1. The van der Waals surface area contributed by atoms with Crippen LogP contribution in [0.2, 0.25) is 0 Å². The fourth-order valence-corrected chi connectivity index (χ4v) is 6.69. The van der Waals surface area contributed by atoms with Gasteiger partial charge in [0, 0.05) is 44.6 Å². The van der Waals surface area contributed by atoms with E-state index in [1.165, 1.54) is 23.7 Å². The molecule has 1 fully saturated rings. The first-order valence-corrected chi connectivity index (χ1v) is 17.0. The monoisotopic (exact) mass is 687 g/mol. The van der Waals surface area contributed by atoms with Crippen molar-refractivity contribution in [1.82, 2.24) is 20.3 Å². The van der Waals surface area contributed by atoms with Crippen molar-refractivity contribution in [1.29, 1.82) is 0 Å². The Balaban J connectivity index is 0.994. The smallest absolute Gasteiger partial charge is 0.265 e. The standard InChI is InChI=1S/C36H29N7O4S2/c1-21-4-9-25(39-34(45)24-15-26(18-37-17-24)40-35(46)32-11-10-31(49-32)30-3-2-14-48-30)16-29(21)43-36-38-13-12-28(42-36)22-5-7-23(8-6-22)33(44)41-27-19-47-20-27/h2-18,27H,19-20H2,1H3,(H,39,45)(H,40,46)(H,41,44)(H,38,42,43). The van der Waals surface area contributed by atoms with Crippen molar-refractivity contribution in [3.05, 3.63) is 124 Å². The molecule has 244 valence electrons. The number of nitrogens with one attached hydrogen (secondary N) is 4. The minimum Gasteiger partial charge on any atom is -0.377 e. The van der Waals surface area contributed by atoms with Crippen LogP contribution in [0, 0.1) is 6.92 Å². The number of aromatic nitrogens is 3. The summed E-state index contributed by atoms with van der Waals surface area (Å²) in [5, 5.41) is 13.9. The molecule has 1 saturated heterocycles. The molecule has 1 aliphatic heterocycles. The third-order valence-corrected chi connectivity index (χ3v) is 9.82. The van der Waals surface area contributed by atoms with E-state index >= 15 is 0 Å². The average Bonchev–Trinajstić information content (AvgIpc) is 3.82. The lowest BCUT2D eigenvalue weighted by Crippen LogP contribution is -2.48. The first-order valence-electron chi connectivity index (χ1n) is 15.3. The van der Waals surface area contributed by atoms with Crippen molar-refractivity contribution in [3.63, 3.8) is 0 Å². The molecule has 0 unspecified atom stereocenters. The Morgan fingerprint density at radius 3 is 2.43 bits per heavy atom. The van der Waals surface area contributed by atoms with Gasteiger partial charge in [-0.05, 0) is 72.5 Å². The molecule has 0 bridgehead atoms. The molecule has 4 N–H and O–H groups in total. The summed E-state index contributed by atoms with van der Waals surface area (Å²) in [6.45, 7) is 3.01. The Labute approximate surface area is 289 Å². The number of ether oxygens (including phenoxy) is 1. The average molecular weight is 688 g/mol. The van der Waals surface area contributed by atoms with Crippen LogP contribution in [0.3, 0.4) is 0 Å². The van der Waals surface area contributed by atoms with Gasteiger partial charge in [0.05, 0.1) is 47.3 Å². The number of carbonyl (C=O) groups is 3. The zero-order valence-corrected chi connectivity index (χ0v) is 27.7. The number of nitrogens with zero attached hydrogens (tertiary/aromatic N) is 3. The first kappa shape index (κ1) is 31.8. The molecule has 0 radical (unpaired) electrons.